The lowest BCUT2D eigenvalue weighted by Crippen LogP contribution is -2.31. The molecule has 1 aromatic rings. The number of benzene rings is 1. The van der Waals surface area contributed by atoms with Crippen molar-refractivity contribution in [2.45, 2.75) is 12.2 Å². The van der Waals surface area contributed by atoms with E-state index in [4.69, 9.17) is 17.3 Å². The van der Waals surface area contributed by atoms with E-state index >= 15 is 0 Å². The van der Waals surface area contributed by atoms with Gasteiger partial charge in [0.25, 0.3) is 0 Å². The minimum Gasteiger partial charge on any atom is -0.329 e. The monoisotopic (exact) mass is 326 g/mol. The molecule has 16 heavy (non-hydrogen) atoms. The first-order chi connectivity index (χ1) is 7.38. The van der Waals surface area contributed by atoms with Crippen LogP contribution < -0.4 is 10.5 Å². The van der Waals surface area contributed by atoms with Crippen molar-refractivity contribution >= 4 is 43.2 Å². The van der Waals surface area contributed by atoms with Crippen molar-refractivity contribution in [3.05, 3.63) is 27.7 Å². The quantitative estimate of drug-likeness (QED) is 0.890. The van der Waals surface area contributed by atoms with E-state index in [9.17, 15) is 8.42 Å². The fourth-order valence-corrected chi connectivity index (χ4v) is 2.56. The molecule has 1 atom stereocenters. The summed E-state index contributed by atoms with van der Waals surface area (Å²) in [7, 11) is -3.47. The van der Waals surface area contributed by atoms with E-state index in [1.807, 2.05) is 0 Å². The van der Waals surface area contributed by atoms with E-state index in [1.54, 1.807) is 25.1 Å². The smallest absolute Gasteiger partial charge is 0.236 e. The second-order valence-electron chi connectivity index (χ2n) is 3.29. The van der Waals surface area contributed by atoms with Gasteiger partial charge in [0.1, 0.15) is 0 Å². The van der Waals surface area contributed by atoms with Crippen molar-refractivity contribution in [3.8, 4) is 0 Å². The molecule has 1 aromatic carbocycles. The van der Waals surface area contributed by atoms with Crippen molar-refractivity contribution in [3.63, 3.8) is 0 Å². The number of rotatable bonds is 4. The molecular weight excluding hydrogens is 316 g/mol. The van der Waals surface area contributed by atoms with Crippen LogP contribution >= 0.6 is 27.5 Å². The Morgan fingerprint density at radius 3 is 2.75 bits per heavy atom. The van der Waals surface area contributed by atoms with Gasteiger partial charge in [-0.05, 0) is 35.0 Å². The molecule has 1 rings (SSSR count). The number of nitrogens with two attached hydrogens (primary N) is 1. The van der Waals surface area contributed by atoms with Gasteiger partial charge in [-0.15, -0.1) is 0 Å². The van der Waals surface area contributed by atoms with Crippen molar-refractivity contribution < 1.29 is 8.42 Å². The number of hydrogen-bond acceptors (Lipinski definition) is 3. The molecule has 0 fully saturated rings. The first kappa shape index (κ1) is 13.8. The molecule has 1 unspecified atom stereocenters. The molecule has 0 radical (unpaired) electrons. The van der Waals surface area contributed by atoms with Gasteiger partial charge in [0.15, 0.2) is 0 Å². The average molecular weight is 328 g/mol. The maximum Gasteiger partial charge on any atom is 0.236 e. The van der Waals surface area contributed by atoms with Gasteiger partial charge in [-0.2, -0.15) is 0 Å². The molecule has 0 aromatic heterocycles. The van der Waals surface area contributed by atoms with Crippen molar-refractivity contribution in [1.29, 1.82) is 0 Å². The van der Waals surface area contributed by atoms with Crippen molar-refractivity contribution in [2.24, 2.45) is 5.73 Å². The predicted molar refractivity (Wildman–Crippen MR) is 70.2 cm³/mol. The van der Waals surface area contributed by atoms with Crippen LogP contribution in [0.1, 0.15) is 6.92 Å². The normalized spacial score (nSPS) is 13.5. The molecule has 0 spiro atoms. The van der Waals surface area contributed by atoms with Crippen LogP contribution in [0.5, 0.6) is 0 Å². The Labute approximate surface area is 108 Å². The van der Waals surface area contributed by atoms with Gasteiger partial charge >= 0.3 is 0 Å². The zero-order valence-electron chi connectivity index (χ0n) is 8.57. The lowest BCUT2D eigenvalue weighted by molar-refractivity contribution is 0.589. The van der Waals surface area contributed by atoms with Gasteiger partial charge in [-0.1, -0.05) is 17.7 Å². The minimum absolute atomic E-state index is 0.0630. The molecule has 0 amide bonds. The summed E-state index contributed by atoms with van der Waals surface area (Å²) < 4.78 is 26.4. The third-order valence-electron chi connectivity index (χ3n) is 2.07. The van der Waals surface area contributed by atoms with Crippen LogP contribution in [0.2, 0.25) is 5.02 Å². The third kappa shape index (κ3) is 3.10. The van der Waals surface area contributed by atoms with Crippen molar-refractivity contribution in [1.82, 2.24) is 0 Å². The highest BCUT2D eigenvalue weighted by atomic mass is 79.9. The Bertz CT molecular complexity index is 478. The number of anilines is 1. The standard InChI is InChI=1S/C9H12BrClN2O2S/c1-6(5-12)16(14,15)13-8-4-2-3-7(11)9(8)10/h2-4,6,13H,5,12H2,1H3. The van der Waals surface area contributed by atoms with Crippen LogP contribution in [0.4, 0.5) is 5.69 Å². The van der Waals surface area contributed by atoms with Gasteiger partial charge in [-0.3, -0.25) is 4.72 Å². The van der Waals surface area contributed by atoms with E-state index in [0.717, 1.165) is 0 Å². The van der Waals surface area contributed by atoms with Crippen LogP contribution in [-0.4, -0.2) is 20.2 Å². The SMILES string of the molecule is CC(CN)S(=O)(=O)Nc1cccc(Cl)c1Br. The Balaban J connectivity index is 3.02. The van der Waals surface area contributed by atoms with E-state index in [2.05, 4.69) is 20.7 Å². The Hall–Kier alpha value is -0.300. The van der Waals surface area contributed by atoms with E-state index in [0.29, 0.717) is 15.2 Å². The average Bonchev–Trinajstić information content (AvgIpc) is 2.23. The van der Waals surface area contributed by atoms with Crippen LogP contribution in [0, 0.1) is 0 Å². The molecule has 90 valence electrons. The topological polar surface area (TPSA) is 72.2 Å². The summed E-state index contributed by atoms with van der Waals surface area (Å²) in [5, 5.41) is -0.209. The zero-order chi connectivity index (χ0) is 12.3. The maximum absolute atomic E-state index is 11.7. The largest absolute Gasteiger partial charge is 0.329 e. The molecule has 0 aliphatic rings. The first-order valence-electron chi connectivity index (χ1n) is 4.54. The van der Waals surface area contributed by atoms with Gasteiger partial charge < -0.3 is 5.73 Å². The van der Waals surface area contributed by atoms with Gasteiger partial charge in [0.05, 0.1) is 20.4 Å². The summed E-state index contributed by atoms with van der Waals surface area (Å²) in [5.41, 5.74) is 5.73. The fraction of sp³-hybridized carbons (Fsp3) is 0.333. The molecule has 0 heterocycles. The number of hydrogen-bond donors (Lipinski definition) is 2. The van der Waals surface area contributed by atoms with Crippen LogP contribution in [0.25, 0.3) is 0 Å². The van der Waals surface area contributed by atoms with E-state index in [1.165, 1.54) is 0 Å². The molecule has 4 nitrogen and oxygen atoms in total. The molecule has 0 aliphatic carbocycles. The highest BCUT2D eigenvalue weighted by Gasteiger charge is 2.20. The number of sulfonamides is 1. The molecular formula is C9H12BrClN2O2S. The molecule has 0 bridgehead atoms. The number of halogens is 2. The van der Waals surface area contributed by atoms with E-state index in [-0.39, 0.29) is 6.54 Å². The van der Waals surface area contributed by atoms with Gasteiger partial charge in [0, 0.05) is 6.54 Å². The molecule has 3 N–H and O–H groups in total. The van der Waals surface area contributed by atoms with Crippen LogP contribution in [0.3, 0.4) is 0 Å². The maximum atomic E-state index is 11.7. The fourth-order valence-electron chi connectivity index (χ4n) is 0.963. The van der Waals surface area contributed by atoms with Crippen LogP contribution in [-0.2, 0) is 10.0 Å². The summed E-state index contributed by atoms with van der Waals surface area (Å²) >= 11 is 9.06. The minimum atomic E-state index is -3.47. The highest BCUT2D eigenvalue weighted by Crippen LogP contribution is 2.30. The lowest BCUT2D eigenvalue weighted by Gasteiger charge is -2.14. The molecule has 7 heteroatoms. The summed E-state index contributed by atoms with van der Waals surface area (Å²) in [6.45, 7) is 1.61. The summed E-state index contributed by atoms with van der Waals surface area (Å²) in [5.74, 6) is 0. The third-order valence-corrected chi connectivity index (χ3v) is 5.22. The molecule has 0 saturated carbocycles. The lowest BCUT2D eigenvalue weighted by atomic mass is 10.3. The Morgan fingerprint density at radius 1 is 1.56 bits per heavy atom. The summed E-state index contributed by atoms with van der Waals surface area (Å²) in [4.78, 5) is 0. The van der Waals surface area contributed by atoms with Crippen LogP contribution in [0.15, 0.2) is 22.7 Å². The van der Waals surface area contributed by atoms with Crippen molar-refractivity contribution in [2.75, 3.05) is 11.3 Å². The second kappa shape index (κ2) is 5.35. The zero-order valence-corrected chi connectivity index (χ0v) is 11.7. The number of nitrogens with one attached hydrogen (secondary N) is 1. The summed E-state index contributed by atoms with van der Waals surface area (Å²) in [6, 6.07) is 4.95. The Kier molecular flexibility index (Phi) is 4.61. The van der Waals surface area contributed by atoms with E-state index < -0.39 is 15.3 Å². The first-order valence-corrected chi connectivity index (χ1v) is 7.26. The predicted octanol–water partition coefficient (Wildman–Crippen LogP) is 2.19. The molecule has 0 aliphatic heterocycles. The Morgan fingerprint density at radius 2 is 2.19 bits per heavy atom. The van der Waals surface area contributed by atoms with Gasteiger partial charge in [-0.25, -0.2) is 8.42 Å². The highest BCUT2D eigenvalue weighted by molar-refractivity contribution is 9.10. The summed E-state index contributed by atoms with van der Waals surface area (Å²) in [6.07, 6.45) is 0. The van der Waals surface area contributed by atoms with Gasteiger partial charge in [0.2, 0.25) is 10.0 Å². The second-order valence-corrected chi connectivity index (χ2v) is 6.59. The molecule has 0 saturated heterocycles.